The third kappa shape index (κ3) is 5.02. The van der Waals surface area contributed by atoms with Crippen LogP contribution in [0.2, 0.25) is 5.02 Å². The van der Waals surface area contributed by atoms with E-state index in [-0.39, 0.29) is 11.8 Å². The Kier molecular flexibility index (Phi) is 5.59. The van der Waals surface area contributed by atoms with Gasteiger partial charge in [-0.1, -0.05) is 11.6 Å². The van der Waals surface area contributed by atoms with E-state index in [1.165, 1.54) is 13.3 Å². The third-order valence-corrected chi connectivity index (χ3v) is 3.76. The fraction of sp³-hybridized carbons (Fsp3) is 0.467. The summed E-state index contributed by atoms with van der Waals surface area (Å²) >= 11 is 6.06. The lowest BCUT2D eigenvalue weighted by molar-refractivity contribution is -0.116. The van der Waals surface area contributed by atoms with Gasteiger partial charge in [0.05, 0.1) is 10.7 Å². The van der Waals surface area contributed by atoms with Crippen LogP contribution in [0.15, 0.2) is 18.2 Å². The number of rotatable bonds is 5. The molecule has 1 aromatic carbocycles. The van der Waals surface area contributed by atoms with Gasteiger partial charge >= 0.3 is 0 Å². The molecule has 0 aromatic heterocycles. The maximum atomic E-state index is 11.9. The van der Waals surface area contributed by atoms with Crippen LogP contribution in [0.3, 0.4) is 0 Å². The van der Waals surface area contributed by atoms with Gasteiger partial charge in [-0.2, -0.15) is 0 Å². The number of carbonyl (C=O) groups excluding carboxylic acids is 2. The maximum absolute atomic E-state index is 11.9. The summed E-state index contributed by atoms with van der Waals surface area (Å²) in [6.45, 7) is 2.47. The molecule has 0 bridgehead atoms. The minimum absolute atomic E-state index is 0.0213. The van der Waals surface area contributed by atoms with Crippen molar-refractivity contribution in [2.45, 2.75) is 38.6 Å². The molecule has 0 aliphatic carbocycles. The van der Waals surface area contributed by atoms with Crippen LogP contribution >= 0.6 is 11.6 Å². The molecule has 1 aliphatic heterocycles. The summed E-state index contributed by atoms with van der Waals surface area (Å²) in [5, 5.41) is 9.22. The first-order valence-corrected chi connectivity index (χ1v) is 7.53. The second-order valence-corrected chi connectivity index (χ2v) is 5.66. The van der Waals surface area contributed by atoms with Gasteiger partial charge in [0.2, 0.25) is 11.8 Å². The molecule has 21 heavy (non-hydrogen) atoms. The molecule has 0 spiro atoms. The van der Waals surface area contributed by atoms with Crippen molar-refractivity contribution in [3.05, 3.63) is 23.2 Å². The molecular weight excluding hydrogens is 290 g/mol. The molecule has 2 amide bonds. The van der Waals surface area contributed by atoms with Crippen molar-refractivity contribution >= 4 is 34.8 Å². The predicted octanol–water partition coefficient (Wildman–Crippen LogP) is 2.77. The SMILES string of the molecule is CC(=O)Nc1ccc(NC(=O)CCC2CCCN2)cc1Cl. The number of amides is 2. The molecule has 114 valence electrons. The van der Waals surface area contributed by atoms with Gasteiger partial charge in [-0.05, 0) is 44.0 Å². The first-order chi connectivity index (χ1) is 10.0. The highest BCUT2D eigenvalue weighted by atomic mass is 35.5. The standard InChI is InChI=1S/C15H20ClN3O2/c1-10(20)18-14-6-4-12(9-13(14)16)19-15(21)7-5-11-3-2-8-17-11/h4,6,9,11,17H,2-3,5,7-8H2,1H3,(H,18,20)(H,19,21). The van der Waals surface area contributed by atoms with Crippen LogP contribution < -0.4 is 16.0 Å². The molecule has 2 rings (SSSR count). The second kappa shape index (κ2) is 7.43. The van der Waals surface area contributed by atoms with E-state index in [9.17, 15) is 9.59 Å². The molecule has 1 unspecified atom stereocenters. The van der Waals surface area contributed by atoms with Crippen LogP contribution in [-0.4, -0.2) is 24.4 Å². The average molecular weight is 310 g/mol. The first-order valence-electron chi connectivity index (χ1n) is 7.15. The lowest BCUT2D eigenvalue weighted by atomic mass is 10.1. The predicted molar refractivity (Wildman–Crippen MR) is 84.6 cm³/mol. The molecule has 0 radical (unpaired) electrons. The van der Waals surface area contributed by atoms with Crippen molar-refractivity contribution in [1.82, 2.24) is 5.32 Å². The van der Waals surface area contributed by atoms with E-state index in [0.29, 0.717) is 28.9 Å². The Morgan fingerprint density at radius 1 is 1.38 bits per heavy atom. The monoisotopic (exact) mass is 309 g/mol. The van der Waals surface area contributed by atoms with Crippen LogP contribution in [0.25, 0.3) is 0 Å². The zero-order valence-corrected chi connectivity index (χ0v) is 12.8. The molecule has 6 heteroatoms. The van der Waals surface area contributed by atoms with Crippen molar-refractivity contribution < 1.29 is 9.59 Å². The quantitative estimate of drug-likeness (QED) is 0.783. The van der Waals surface area contributed by atoms with Gasteiger partial charge in [0, 0.05) is 25.1 Å². The Hall–Kier alpha value is -1.59. The highest BCUT2D eigenvalue weighted by Gasteiger charge is 2.15. The van der Waals surface area contributed by atoms with Crippen molar-refractivity contribution in [3.8, 4) is 0 Å². The molecule has 1 aliphatic rings. The molecule has 1 atom stereocenters. The highest BCUT2D eigenvalue weighted by molar-refractivity contribution is 6.34. The summed E-state index contributed by atoms with van der Waals surface area (Å²) in [6, 6.07) is 5.50. The number of benzene rings is 1. The Labute approximate surface area is 129 Å². The van der Waals surface area contributed by atoms with Gasteiger partial charge < -0.3 is 16.0 Å². The molecule has 3 N–H and O–H groups in total. The highest BCUT2D eigenvalue weighted by Crippen LogP contribution is 2.25. The normalized spacial score (nSPS) is 17.5. The van der Waals surface area contributed by atoms with Crippen LogP contribution in [0, 0.1) is 0 Å². The summed E-state index contributed by atoms with van der Waals surface area (Å²) in [6.07, 6.45) is 3.67. The van der Waals surface area contributed by atoms with Crippen LogP contribution in [0.5, 0.6) is 0 Å². The lowest BCUT2D eigenvalue weighted by Gasteiger charge is -2.11. The van der Waals surface area contributed by atoms with Gasteiger partial charge in [-0.15, -0.1) is 0 Å². The Morgan fingerprint density at radius 2 is 2.19 bits per heavy atom. The molecule has 5 nitrogen and oxygen atoms in total. The third-order valence-electron chi connectivity index (χ3n) is 3.45. The topological polar surface area (TPSA) is 70.2 Å². The van der Waals surface area contributed by atoms with Crippen LogP contribution in [0.4, 0.5) is 11.4 Å². The fourth-order valence-electron chi connectivity index (χ4n) is 2.42. The number of carbonyl (C=O) groups is 2. The average Bonchev–Trinajstić information content (AvgIpc) is 2.92. The van der Waals surface area contributed by atoms with Gasteiger partial charge in [-0.25, -0.2) is 0 Å². The van der Waals surface area contributed by atoms with Gasteiger partial charge in [0.15, 0.2) is 0 Å². The second-order valence-electron chi connectivity index (χ2n) is 5.26. The summed E-state index contributed by atoms with van der Waals surface area (Å²) in [5.41, 5.74) is 1.18. The van der Waals surface area contributed by atoms with Crippen molar-refractivity contribution in [3.63, 3.8) is 0 Å². The van der Waals surface area contributed by atoms with E-state index >= 15 is 0 Å². The number of hydrogen-bond donors (Lipinski definition) is 3. The molecule has 1 heterocycles. The number of halogens is 1. The maximum Gasteiger partial charge on any atom is 0.224 e. The lowest BCUT2D eigenvalue weighted by Crippen LogP contribution is -2.23. The van der Waals surface area contributed by atoms with Crippen molar-refractivity contribution in [2.75, 3.05) is 17.2 Å². The minimum Gasteiger partial charge on any atom is -0.326 e. The van der Waals surface area contributed by atoms with Crippen LogP contribution in [0.1, 0.15) is 32.6 Å². The summed E-state index contributed by atoms with van der Waals surface area (Å²) in [7, 11) is 0. The minimum atomic E-state index is -0.183. The summed E-state index contributed by atoms with van der Waals surface area (Å²) < 4.78 is 0. The summed E-state index contributed by atoms with van der Waals surface area (Å²) in [5.74, 6) is -0.204. The summed E-state index contributed by atoms with van der Waals surface area (Å²) in [4.78, 5) is 22.9. The van der Waals surface area contributed by atoms with E-state index < -0.39 is 0 Å². The Bertz CT molecular complexity index is 528. The van der Waals surface area contributed by atoms with Gasteiger partial charge in [0.1, 0.15) is 0 Å². The number of anilines is 2. The first kappa shape index (κ1) is 15.8. The Balaban J connectivity index is 1.85. The van der Waals surface area contributed by atoms with E-state index in [2.05, 4.69) is 16.0 Å². The number of nitrogens with one attached hydrogen (secondary N) is 3. The molecule has 1 saturated heterocycles. The largest absolute Gasteiger partial charge is 0.326 e. The van der Waals surface area contributed by atoms with E-state index in [1.807, 2.05) is 0 Å². The smallest absolute Gasteiger partial charge is 0.224 e. The number of hydrogen-bond acceptors (Lipinski definition) is 3. The van der Waals surface area contributed by atoms with E-state index in [0.717, 1.165) is 19.4 Å². The van der Waals surface area contributed by atoms with Gasteiger partial charge in [-0.3, -0.25) is 9.59 Å². The van der Waals surface area contributed by atoms with Crippen molar-refractivity contribution in [1.29, 1.82) is 0 Å². The van der Waals surface area contributed by atoms with Crippen LogP contribution in [-0.2, 0) is 9.59 Å². The Morgan fingerprint density at radius 3 is 2.81 bits per heavy atom. The molecule has 1 fully saturated rings. The molecule has 1 aromatic rings. The van der Waals surface area contributed by atoms with Crippen molar-refractivity contribution in [2.24, 2.45) is 0 Å². The fourth-order valence-corrected chi connectivity index (χ4v) is 2.64. The van der Waals surface area contributed by atoms with E-state index in [4.69, 9.17) is 11.6 Å². The zero-order chi connectivity index (χ0) is 15.2. The molecular formula is C15H20ClN3O2. The zero-order valence-electron chi connectivity index (χ0n) is 12.0. The molecule has 0 saturated carbocycles. The van der Waals surface area contributed by atoms with E-state index in [1.54, 1.807) is 18.2 Å². The van der Waals surface area contributed by atoms with Gasteiger partial charge in [0.25, 0.3) is 0 Å².